The third-order valence-electron chi connectivity index (χ3n) is 8.57. The molecule has 1 saturated carbocycles. The summed E-state index contributed by atoms with van der Waals surface area (Å²) < 4.78 is 55.0. The van der Waals surface area contributed by atoms with Gasteiger partial charge in [-0.3, -0.25) is 13.9 Å². The molecule has 0 radical (unpaired) electrons. The number of rotatable bonds is 5. The van der Waals surface area contributed by atoms with Crippen LogP contribution in [0.2, 0.25) is 0 Å². The molecule has 1 aliphatic carbocycles. The molecule has 3 aliphatic heterocycles. The largest absolute Gasteiger partial charge is 0.420 e. The maximum atomic E-state index is 14.1. The summed E-state index contributed by atoms with van der Waals surface area (Å²) in [6, 6.07) is 8.73. The van der Waals surface area contributed by atoms with E-state index < -0.39 is 22.5 Å². The van der Waals surface area contributed by atoms with Gasteiger partial charge in [0.2, 0.25) is 5.95 Å². The van der Waals surface area contributed by atoms with E-state index in [9.17, 15) is 22.2 Å². The summed E-state index contributed by atoms with van der Waals surface area (Å²) in [4.78, 5) is 28.1. The second-order valence-electron chi connectivity index (χ2n) is 11.3. The van der Waals surface area contributed by atoms with Gasteiger partial charge >= 0.3 is 6.18 Å². The summed E-state index contributed by atoms with van der Waals surface area (Å²) in [5.41, 5.74) is 1.74. The van der Waals surface area contributed by atoms with E-state index in [2.05, 4.69) is 44.3 Å². The van der Waals surface area contributed by atoms with E-state index in [-0.39, 0.29) is 38.0 Å². The first-order valence-corrected chi connectivity index (χ1v) is 15.8. The van der Waals surface area contributed by atoms with Gasteiger partial charge in [-0.25, -0.2) is 9.97 Å². The lowest BCUT2D eigenvalue weighted by Gasteiger charge is -2.34. The molecule has 41 heavy (non-hydrogen) atoms. The van der Waals surface area contributed by atoms with Crippen molar-refractivity contribution in [2.24, 2.45) is 0 Å². The van der Waals surface area contributed by atoms with Gasteiger partial charge in [-0.1, -0.05) is 0 Å². The van der Waals surface area contributed by atoms with Crippen molar-refractivity contribution in [1.82, 2.24) is 19.8 Å². The third kappa shape index (κ3) is 4.81. The number of hydrogen-bond acceptors (Lipinski definition) is 8. The molecule has 5 heterocycles. The van der Waals surface area contributed by atoms with Crippen molar-refractivity contribution in [3.05, 3.63) is 46.5 Å². The minimum Gasteiger partial charge on any atom is -0.366 e. The third-order valence-corrected chi connectivity index (χ3v) is 11.2. The Kier molecular flexibility index (Phi) is 6.40. The number of piperazine rings is 1. The van der Waals surface area contributed by atoms with E-state index in [0.29, 0.717) is 24.5 Å². The number of likely N-dealkylation sites (N-methyl/N-ethyl adjacent to an activating group) is 1. The summed E-state index contributed by atoms with van der Waals surface area (Å²) in [5.74, 6) is 0.302. The van der Waals surface area contributed by atoms with E-state index in [4.69, 9.17) is 0 Å². The van der Waals surface area contributed by atoms with Gasteiger partial charge < -0.3 is 15.1 Å². The highest BCUT2D eigenvalue weighted by Crippen LogP contribution is 2.47. The van der Waals surface area contributed by atoms with E-state index in [0.717, 1.165) is 54.7 Å². The SMILES string of the molecule is CN1CCS(=O)c2cc(-c3nc(Nc4ccc(N5C[C@H]6C[C@@H]5CN6C)cc4C4CC4)ncc3C(F)(F)F)sc2C1=O. The summed E-state index contributed by atoms with van der Waals surface area (Å²) in [5, 5.41) is 3.19. The molecule has 1 N–H and O–H groups in total. The Morgan fingerprint density at radius 2 is 1.93 bits per heavy atom. The van der Waals surface area contributed by atoms with Crippen molar-refractivity contribution < 1.29 is 22.2 Å². The topological polar surface area (TPSA) is 81.7 Å². The van der Waals surface area contributed by atoms with Crippen LogP contribution in [-0.4, -0.2) is 81.5 Å². The molecule has 2 bridgehead atoms. The maximum absolute atomic E-state index is 14.1. The van der Waals surface area contributed by atoms with Crippen molar-refractivity contribution in [2.45, 2.75) is 48.3 Å². The van der Waals surface area contributed by atoms with Crippen LogP contribution in [0.15, 0.2) is 35.4 Å². The molecule has 8 nitrogen and oxygen atoms in total. The number of alkyl halides is 3. The number of carbonyl (C=O) groups excluding carboxylic acids is 1. The average Bonchev–Trinajstić information content (AvgIpc) is 3.41. The Balaban J connectivity index is 1.24. The molecule has 3 aromatic rings. The molecule has 1 amide bonds. The number of likely N-dealkylation sites (tertiary alicyclic amines) is 1. The van der Waals surface area contributed by atoms with Crippen LogP contribution in [0.4, 0.5) is 30.5 Å². The van der Waals surface area contributed by atoms with E-state index in [1.165, 1.54) is 23.1 Å². The first kappa shape index (κ1) is 26.8. The van der Waals surface area contributed by atoms with Gasteiger partial charge in [-0.2, -0.15) is 13.2 Å². The molecule has 0 spiro atoms. The number of carbonyl (C=O) groups is 1. The quantitative estimate of drug-likeness (QED) is 0.444. The zero-order chi connectivity index (χ0) is 28.6. The summed E-state index contributed by atoms with van der Waals surface area (Å²) in [7, 11) is 2.27. The number of amides is 1. The maximum Gasteiger partial charge on any atom is 0.420 e. The van der Waals surface area contributed by atoms with Gasteiger partial charge in [0.1, 0.15) is 10.4 Å². The molecular formula is C28H29F3N6O2S2. The molecule has 2 saturated heterocycles. The highest BCUT2D eigenvalue weighted by Gasteiger charge is 2.42. The number of anilines is 3. The summed E-state index contributed by atoms with van der Waals surface area (Å²) >= 11 is 0.891. The lowest BCUT2D eigenvalue weighted by atomic mass is 10.1. The van der Waals surface area contributed by atoms with Crippen molar-refractivity contribution in [3.8, 4) is 10.6 Å². The highest BCUT2D eigenvalue weighted by atomic mass is 32.2. The second-order valence-corrected chi connectivity index (χ2v) is 13.9. The van der Waals surface area contributed by atoms with Gasteiger partial charge in [0.25, 0.3) is 5.91 Å². The van der Waals surface area contributed by atoms with E-state index in [1.54, 1.807) is 7.05 Å². The van der Waals surface area contributed by atoms with Gasteiger partial charge in [0.15, 0.2) is 0 Å². The molecule has 13 heteroatoms. The number of hydrogen-bond donors (Lipinski definition) is 1. The number of fused-ring (bicyclic) bond motifs is 3. The van der Waals surface area contributed by atoms with Crippen molar-refractivity contribution >= 4 is 45.4 Å². The lowest BCUT2D eigenvalue weighted by Crippen LogP contribution is -2.44. The summed E-state index contributed by atoms with van der Waals surface area (Å²) in [6.07, 6.45) is -0.639. The monoisotopic (exact) mass is 602 g/mol. The molecule has 1 unspecified atom stereocenters. The molecular weight excluding hydrogens is 573 g/mol. The van der Waals surface area contributed by atoms with Gasteiger partial charge in [-0.15, -0.1) is 11.3 Å². The smallest absolute Gasteiger partial charge is 0.366 e. The van der Waals surface area contributed by atoms with Crippen molar-refractivity contribution in [2.75, 3.05) is 49.7 Å². The van der Waals surface area contributed by atoms with Crippen molar-refractivity contribution in [3.63, 3.8) is 0 Å². The fraction of sp³-hybridized carbons (Fsp3) is 0.464. The van der Waals surface area contributed by atoms with Crippen LogP contribution in [0.3, 0.4) is 0 Å². The molecule has 1 aromatic carbocycles. The first-order chi connectivity index (χ1) is 19.6. The molecule has 216 valence electrons. The Labute approximate surface area is 242 Å². The average molecular weight is 603 g/mol. The number of benzene rings is 1. The van der Waals surface area contributed by atoms with Gasteiger partial charge in [-0.05, 0) is 62.1 Å². The minimum absolute atomic E-state index is 0.0395. The predicted octanol–water partition coefficient (Wildman–Crippen LogP) is 4.93. The first-order valence-electron chi connectivity index (χ1n) is 13.7. The van der Waals surface area contributed by atoms with Crippen LogP contribution in [0.5, 0.6) is 0 Å². The van der Waals surface area contributed by atoms with Gasteiger partial charge in [0.05, 0.1) is 26.3 Å². The molecule has 4 aliphatic rings. The Morgan fingerprint density at radius 3 is 2.61 bits per heavy atom. The lowest BCUT2D eigenvalue weighted by molar-refractivity contribution is -0.137. The normalized spacial score (nSPS) is 24.6. The number of aromatic nitrogens is 2. The Morgan fingerprint density at radius 1 is 1.12 bits per heavy atom. The van der Waals surface area contributed by atoms with Crippen LogP contribution in [0, 0.1) is 0 Å². The van der Waals surface area contributed by atoms with Crippen LogP contribution in [0.25, 0.3) is 10.6 Å². The fourth-order valence-electron chi connectivity index (χ4n) is 6.13. The van der Waals surface area contributed by atoms with Crippen molar-refractivity contribution in [1.29, 1.82) is 0 Å². The Bertz CT molecular complexity index is 1570. The van der Waals surface area contributed by atoms with Crippen LogP contribution < -0.4 is 10.2 Å². The molecule has 7 rings (SSSR count). The molecule has 3 atom stereocenters. The highest BCUT2D eigenvalue weighted by molar-refractivity contribution is 7.85. The second kappa shape index (κ2) is 9.77. The zero-order valence-electron chi connectivity index (χ0n) is 22.6. The van der Waals surface area contributed by atoms with Crippen LogP contribution in [0.1, 0.15) is 46.0 Å². The molecule has 2 aromatic heterocycles. The zero-order valence-corrected chi connectivity index (χ0v) is 24.2. The number of nitrogens with zero attached hydrogens (tertiary/aromatic N) is 5. The van der Waals surface area contributed by atoms with E-state index in [1.807, 2.05) is 6.07 Å². The summed E-state index contributed by atoms with van der Waals surface area (Å²) in [6.45, 7) is 2.36. The van der Waals surface area contributed by atoms with Gasteiger partial charge in [0, 0.05) is 62.1 Å². The number of halogens is 3. The molecule has 3 fully saturated rings. The fourth-order valence-corrected chi connectivity index (χ4v) is 8.86. The number of thiophene rings is 1. The van der Waals surface area contributed by atoms with Crippen LogP contribution in [-0.2, 0) is 17.0 Å². The Hall–Kier alpha value is -3.03. The number of nitrogens with one attached hydrogen (secondary N) is 1. The van der Waals surface area contributed by atoms with Crippen LogP contribution >= 0.6 is 11.3 Å². The standard InChI is InChI=1S/C28H29F3N6O2S2/c1-35-7-8-41(39)23-11-22(40-25(23)26(35)38)24-20(28(29,30)31)12-32-27(34-24)33-21-6-5-16(10-19(21)15-3-4-15)37-14-17-9-18(37)13-36(17)2/h5-6,10-12,15,17-18H,3-4,7-9,13-14H2,1-2H3,(H,32,33,34)/t17-,18-,41?/m1/s1. The minimum atomic E-state index is -4.71. The predicted molar refractivity (Wildman–Crippen MR) is 152 cm³/mol. The van der Waals surface area contributed by atoms with E-state index >= 15 is 0 Å².